The maximum absolute atomic E-state index is 2.44. The maximum Gasteiger partial charge on any atom is -0.0120 e. The Morgan fingerprint density at radius 1 is 0.314 bits per heavy atom. The molecule has 0 nitrogen and oxygen atoms in total. The van der Waals surface area contributed by atoms with Crippen LogP contribution in [0.2, 0.25) is 0 Å². The van der Waals surface area contributed by atoms with E-state index in [0.717, 1.165) is 0 Å². The largest absolute Gasteiger partial charge is 0.0614 e. The summed E-state index contributed by atoms with van der Waals surface area (Å²) in [5.41, 5.74) is 23.3. The van der Waals surface area contributed by atoms with E-state index < -0.39 is 0 Å². The summed E-state index contributed by atoms with van der Waals surface area (Å²) in [5, 5.41) is 0. The van der Waals surface area contributed by atoms with Crippen LogP contribution >= 0.6 is 0 Å². The number of hydrogen-bond acceptors (Lipinski definition) is 0. The van der Waals surface area contributed by atoms with Crippen molar-refractivity contribution in [2.75, 3.05) is 0 Å². The third kappa shape index (κ3) is 4.14. The molecule has 0 radical (unpaired) electrons. The van der Waals surface area contributed by atoms with Gasteiger partial charge in [0.05, 0.1) is 0 Å². The maximum atomic E-state index is 2.44. The van der Waals surface area contributed by atoms with Crippen LogP contribution in [0.5, 0.6) is 0 Å². The van der Waals surface area contributed by atoms with Crippen molar-refractivity contribution < 1.29 is 0 Å². The van der Waals surface area contributed by atoms with Crippen LogP contribution in [0.1, 0.15) is 61.2 Å². The van der Waals surface area contributed by atoms with Gasteiger partial charge in [0.2, 0.25) is 0 Å². The standard InChI is InChI=1S/C35H40/c1-19-13-12-14-30(15-19)31-16-32(34-26(8)22(4)20(2)23(5)27(34)9)18-33(17-31)35-28(10)24(6)21(3)25(7)29(35)11/h12-18H,1-11H3. The van der Waals surface area contributed by atoms with E-state index >= 15 is 0 Å². The van der Waals surface area contributed by atoms with Gasteiger partial charge in [-0.3, -0.25) is 0 Å². The van der Waals surface area contributed by atoms with E-state index in [-0.39, 0.29) is 0 Å². The van der Waals surface area contributed by atoms with Crippen LogP contribution in [0, 0.1) is 76.2 Å². The third-order valence-corrected chi connectivity index (χ3v) is 8.86. The van der Waals surface area contributed by atoms with Gasteiger partial charge in [-0.1, -0.05) is 29.8 Å². The number of rotatable bonds is 3. The van der Waals surface area contributed by atoms with Crippen molar-refractivity contribution in [3.63, 3.8) is 0 Å². The van der Waals surface area contributed by atoms with Crippen LogP contribution in [0.25, 0.3) is 33.4 Å². The molecule has 0 aliphatic rings. The molecule has 0 aliphatic carbocycles. The van der Waals surface area contributed by atoms with Crippen LogP contribution < -0.4 is 0 Å². The Morgan fingerprint density at radius 3 is 1.03 bits per heavy atom. The summed E-state index contributed by atoms with van der Waals surface area (Å²) in [4.78, 5) is 0. The number of aryl methyl sites for hydroxylation is 1. The quantitative estimate of drug-likeness (QED) is 0.285. The van der Waals surface area contributed by atoms with Crippen molar-refractivity contribution in [3.05, 3.63) is 104 Å². The van der Waals surface area contributed by atoms with Gasteiger partial charge in [0.15, 0.2) is 0 Å². The normalized spacial score (nSPS) is 11.3. The second kappa shape index (κ2) is 9.15. The average molecular weight is 461 g/mol. The van der Waals surface area contributed by atoms with E-state index in [1.54, 1.807) is 0 Å². The highest BCUT2D eigenvalue weighted by molar-refractivity contribution is 5.86. The minimum absolute atomic E-state index is 1.28. The average Bonchev–Trinajstić information content (AvgIpc) is 2.84. The first-order valence-corrected chi connectivity index (χ1v) is 12.8. The van der Waals surface area contributed by atoms with Gasteiger partial charge in [0, 0.05) is 0 Å². The molecule has 0 N–H and O–H groups in total. The fraction of sp³-hybridized carbons (Fsp3) is 0.314. The van der Waals surface area contributed by atoms with E-state index in [0.29, 0.717) is 0 Å². The summed E-state index contributed by atoms with van der Waals surface area (Å²) in [6, 6.07) is 16.1. The van der Waals surface area contributed by atoms with Gasteiger partial charge < -0.3 is 0 Å². The van der Waals surface area contributed by atoms with Gasteiger partial charge >= 0.3 is 0 Å². The minimum atomic E-state index is 1.28. The number of hydrogen-bond donors (Lipinski definition) is 0. The van der Waals surface area contributed by atoms with Gasteiger partial charge in [0.25, 0.3) is 0 Å². The minimum Gasteiger partial charge on any atom is -0.0614 e. The molecule has 0 saturated carbocycles. The molecule has 0 bridgehead atoms. The highest BCUT2D eigenvalue weighted by Gasteiger charge is 2.19. The third-order valence-electron chi connectivity index (χ3n) is 8.86. The zero-order valence-electron chi connectivity index (χ0n) is 23.5. The summed E-state index contributed by atoms with van der Waals surface area (Å²) < 4.78 is 0. The van der Waals surface area contributed by atoms with Gasteiger partial charge in [-0.25, -0.2) is 0 Å². The molecule has 0 amide bonds. The summed E-state index contributed by atoms with van der Waals surface area (Å²) in [6.07, 6.45) is 0. The van der Waals surface area contributed by atoms with Gasteiger partial charge in [-0.05, 0) is 183 Å². The van der Waals surface area contributed by atoms with E-state index in [4.69, 9.17) is 0 Å². The molecule has 180 valence electrons. The lowest BCUT2D eigenvalue weighted by Crippen LogP contribution is -2.02. The van der Waals surface area contributed by atoms with E-state index in [9.17, 15) is 0 Å². The molecule has 0 heteroatoms. The Kier molecular flexibility index (Phi) is 6.54. The SMILES string of the molecule is Cc1cccc(-c2cc(-c3c(C)c(C)c(C)c(C)c3C)cc(-c3c(C)c(C)c(C)c(C)c3C)c2)c1. The van der Waals surface area contributed by atoms with Crippen molar-refractivity contribution >= 4 is 0 Å². The first-order valence-electron chi connectivity index (χ1n) is 12.8. The molecule has 0 saturated heterocycles. The van der Waals surface area contributed by atoms with Crippen LogP contribution in [-0.4, -0.2) is 0 Å². The molecule has 35 heavy (non-hydrogen) atoms. The molecular weight excluding hydrogens is 420 g/mol. The van der Waals surface area contributed by atoms with Crippen LogP contribution in [0.4, 0.5) is 0 Å². The fourth-order valence-electron chi connectivity index (χ4n) is 5.77. The van der Waals surface area contributed by atoms with Crippen molar-refractivity contribution in [2.45, 2.75) is 76.2 Å². The van der Waals surface area contributed by atoms with Gasteiger partial charge in [-0.2, -0.15) is 0 Å². The Morgan fingerprint density at radius 2 is 0.657 bits per heavy atom. The van der Waals surface area contributed by atoms with Gasteiger partial charge in [0.1, 0.15) is 0 Å². The zero-order valence-corrected chi connectivity index (χ0v) is 23.5. The predicted octanol–water partition coefficient (Wildman–Crippen LogP) is 10.1. The van der Waals surface area contributed by atoms with E-state index in [2.05, 4.69) is 119 Å². The molecule has 4 aromatic rings. The number of benzene rings is 4. The van der Waals surface area contributed by atoms with Crippen molar-refractivity contribution in [1.82, 2.24) is 0 Å². The van der Waals surface area contributed by atoms with Gasteiger partial charge in [-0.15, -0.1) is 0 Å². The summed E-state index contributed by atoms with van der Waals surface area (Å²) >= 11 is 0. The Bertz CT molecular complexity index is 1330. The van der Waals surface area contributed by atoms with Crippen LogP contribution in [-0.2, 0) is 0 Å². The Hall–Kier alpha value is -3.12. The second-order valence-corrected chi connectivity index (χ2v) is 10.7. The molecule has 0 spiro atoms. The van der Waals surface area contributed by atoms with Crippen LogP contribution in [0.15, 0.2) is 42.5 Å². The molecule has 4 rings (SSSR count). The molecule has 0 aromatic heterocycles. The molecular formula is C35H40. The first kappa shape index (κ1) is 25.0. The van der Waals surface area contributed by atoms with E-state index in [1.165, 1.54) is 94.6 Å². The highest BCUT2D eigenvalue weighted by atomic mass is 14.2. The molecule has 0 fully saturated rings. The van der Waals surface area contributed by atoms with Crippen molar-refractivity contribution in [2.24, 2.45) is 0 Å². The summed E-state index contributed by atoms with van der Waals surface area (Å²) in [7, 11) is 0. The van der Waals surface area contributed by atoms with Crippen molar-refractivity contribution in [1.29, 1.82) is 0 Å². The zero-order chi connectivity index (χ0) is 25.8. The summed E-state index contributed by atoms with van der Waals surface area (Å²) in [5.74, 6) is 0. The lowest BCUT2D eigenvalue weighted by molar-refractivity contribution is 1.17. The summed E-state index contributed by atoms with van der Waals surface area (Å²) in [6.45, 7) is 24.9. The molecule has 0 atom stereocenters. The molecule has 0 heterocycles. The van der Waals surface area contributed by atoms with Crippen LogP contribution in [0.3, 0.4) is 0 Å². The molecule has 0 unspecified atom stereocenters. The topological polar surface area (TPSA) is 0 Å². The Balaban J connectivity index is 2.13. The fourth-order valence-corrected chi connectivity index (χ4v) is 5.77. The van der Waals surface area contributed by atoms with E-state index in [1.807, 2.05) is 0 Å². The molecule has 4 aromatic carbocycles. The lowest BCUT2D eigenvalue weighted by Gasteiger charge is -2.23. The Labute approximate surface area is 213 Å². The highest BCUT2D eigenvalue weighted by Crippen LogP contribution is 2.41. The first-order chi connectivity index (χ1) is 16.4. The lowest BCUT2D eigenvalue weighted by atomic mass is 9.82. The van der Waals surface area contributed by atoms with Crippen molar-refractivity contribution in [3.8, 4) is 33.4 Å². The second-order valence-electron chi connectivity index (χ2n) is 10.7. The smallest absolute Gasteiger partial charge is 0.0120 e. The predicted molar refractivity (Wildman–Crippen MR) is 155 cm³/mol. The molecule has 0 aliphatic heterocycles. The monoisotopic (exact) mass is 460 g/mol.